The van der Waals surface area contributed by atoms with Crippen molar-refractivity contribution in [3.8, 4) is 0 Å². The number of carboxylic acid groups (broad SMARTS) is 1. The molecule has 0 unspecified atom stereocenters. The van der Waals surface area contributed by atoms with E-state index in [2.05, 4.69) is 26.3 Å². The first-order valence-corrected chi connectivity index (χ1v) is 9.37. The van der Waals surface area contributed by atoms with Crippen LogP contribution in [0.5, 0.6) is 0 Å². The summed E-state index contributed by atoms with van der Waals surface area (Å²) in [6.45, 7) is -1.69. The molecule has 0 aliphatic rings. The van der Waals surface area contributed by atoms with Crippen molar-refractivity contribution >= 4 is 40.5 Å². The van der Waals surface area contributed by atoms with E-state index in [4.69, 9.17) is 10.8 Å². The molecule has 0 spiro atoms. The predicted molar refractivity (Wildman–Crippen MR) is 110 cm³/mol. The summed E-state index contributed by atoms with van der Waals surface area (Å²) in [6.07, 6.45) is 1.83. The van der Waals surface area contributed by atoms with Crippen molar-refractivity contribution in [1.82, 2.24) is 26.3 Å². The molecule has 4 amide bonds. The highest BCUT2D eigenvalue weighted by atomic mass is 16.4. The molecule has 12 nitrogen and oxygen atoms in total. The Morgan fingerprint density at radius 3 is 2.32 bits per heavy atom. The van der Waals surface area contributed by atoms with E-state index < -0.39 is 48.7 Å². The molecule has 1 heterocycles. The molecule has 31 heavy (non-hydrogen) atoms. The lowest BCUT2D eigenvalue weighted by Crippen LogP contribution is -2.52. The van der Waals surface area contributed by atoms with E-state index in [0.29, 0.717) is 0 Å². The largest absolute Gasteiger partial charge is 0.480 e. The zero-order chi connectivity index (χ0) is 22.8. The van der Waals surface area contributed by atoms with Crippen molar-refractivity contribution in [2.45, 2.75) is 12.5 Å². The lowest BCUT2D eigenvalue weighted by atomic mass is 10.0. The first kappa shape index (κ1) is 23.3. The Hall–Kier alpha value is -3.93. The smallest absolute Gasteiger partial charge is 0.322 e. The second kappa shape index (κ2) is 11.3. The number of carboxylic acids is 1. The molecular formula is C19H24N6O6. The van der Waals surface area contributed by atoms with Gasteiger partial charge in [0.05, 0.1) is 19.6 Å². The molecule has 1 atom stereocenters. The molecule has 0 fully saturated rings. The highest BCUT2D eigenvalue weighted by Gasteiger charge is 2.23. The number of carbonyl (C=O) groups excluding carboxylic acids is 4. The normalized spacial score (nSPS) is 11.4. The van der Waals surface area contributed by atoms with Crippen LogP contribution in [0.2, 0.25) is 0 Å². The van der Waals surface area contributed by atoms with Crippen LogP contribution in [-0.4, -0.2) is 71.9 Å². The number of nitrogens with one attached hydrogen (secondary N) is 5. The van der Waals surface area contributed by atoms with E-state index in [1.54, 1.807) is 6.20 Å². The Morgan fingerprint density at radius 1 is 0.935 bits per heavy atom. The fraction of sp³-hybridized carbons (Fsp3) is 0.316. The van der Waals surface area contributed by atoms with Gasteiger partial charge in [0.25, 0.3) is 0 Å². The minimum Gasteiger partial charge on any atom is -0.480 e. The first-order valence-electron chi connectivity index (χ1n) is 9.37. The quantitative estimate of drug-likeness (QED) is 0.205. The highest BCUT2D eigenvalue weighted by Crippen LogP contribution is 2.19. The third-order valence-corrected chi connectivity index (χ3v) is 4.24. The van der Waals surface area contributed by atoms with Crippen LogP contribution in [0.3, 0.4) is 0 Å². The summed E-state index contributed by atoms with van der Waals surface area (Å²) in [5, 5.41) is 18.8. The maximum Gasteiger partial charge on any atom is 0.322 e. The van der Waals surface area contributed by atoms with Gasteiger partial charge in [0, 0.05) is 23.5 Å². The molecule has 0 aliphatic heterocycles. The van der Waals surface area contributed by atoms with Gasteiger partial charge in [-0.15, -0.1) is 0 Å². The van der Waals surface area contributed by atoms with Gasteiger partial charge in [-0.2, -0.15) is 0 Å². The van der Waals surface area contributed by atoms with Gasteiger partial charge in [0.1, 0.15) is 12.6 Å². The number of carbonyl (C=O) groups is 5. The lowest BCUT2D eigenvalue weighted by Gasteiger charge is -2.18. The summed E-state index contributed by atoms with van der Waals surface area (Å²) in [5.41, 5.74) is 6.79. The molecule has 2 rings (SSSR count). The SMILES string of the molecule is NCC(=O)NCC(=O)N[C@@H](Cc1c[nH]c2ccccc12)C(=O)NCC(=O)NCC(=O)O. The molecule has 1 aromatic heterocycles. The van der Waals surface area contributed by atoms with Crippen LogP contribution in [0.1, 0.15) is 5.56 Å². The van der Waals surface area contributed by atoms with Crippen molar-refractivity contribution in [3.63, 3.8) is 0 Å². The monoisotopic (exact) mass is 432 g/mol. The number of fused-ring (bicyclic) bond motifs is 1. The van der Waals surface area contributed by atoms with Crippen molar-refractivity contribution in [1.29, 1.82) is 0 Å². The molecule has 0 aliphatic carbocycles. The van der Waals surface area contributed by atoms with Gasteiger partial charge in [-0.05, 0) is 11.6 Å². The number of hydrogen-bond donors (Lipinski definition) is 7. The highest BCUT2D eigenvalue weighted by molar-refractivity contribution is 5.93. The fourth-order valence-electron chi connectivity index (χ4n) is 2.75. The van der Waals surface area contributed by atoms with Gasteiger partial charge in [-0.25, -0.2) is 0 Å². The van der Waals surface area contributed by atoms with Crippen LogP contribution in [0.4, 0.5) is 0 Å². The molecular weight excluding hydrogens is 408 g/mol. The maximum absolute atomic E-state index is 12.6. The number of para-hydroxylation sites is 1. The van der Waals surface area contributed by atoms with E-state index in [1.165, 1.54) is 0 Å². The number of aliphatic carboxylic acids is 1. The van der Waals surface area contributed by atoms with Gasteiger partial charge in [0.15, 0.2) is 0 Å². The van der Waals surface area contributed by atoms with Gasteiger partial charge >= 0.3 is 5.97 Å². The van der Waals surface area contributed by atoms with Crippen LogP contribution < -0.4 is 27.0 Å². The van der Waals surface area contributed by atoms with Crippen LogP contribution >= 0.6 is 0 Å². The first-order chi connectivity index (χ1) is 14.8. The van der Waals surface area contributed by atoms with Crippen molar-refractivity contribution < 1.29 is 29.1 Å². The number of nitrogens with two attached hydrogens (primary N) is 1. The molecule has 2 aromatic rings. The number of hydrogen-bond acceptors (Lipinski definition) is 6. The van der Waals surface area contributed by atoms with Gasteiger partial charge in [-0.3, -0.25) is 24.0 Å². The summed E-state index contributed by atoms with van der Waals surface area (Å²) < 4.78 is 0. The van der Waals surface area contributed by atoms with E-state index in [1.807, 2.05) is 24.3 Å². The standard InChI is InChI=1S/C19H24N6O6/c20-6-15(26)22-9-17(28)25-14(19(31)24-8-16(27)23-10-18(29)30)5-11-7-21-13-4-2-1-3-12(11)13/h1-4,7,14,21H,5-6,8-10,20H2,(H,22,26)(H,23,27)(H,24,31)(H,25,28)(H,29,30)/t14-/m0/s1. The van der Waals surface area contributed by atoms with Crippen molar-refractivity contribution in [3.05, 3.63) is 36.0 Å². The van der Waals surface area contributed by atoms with E-state index >= 15 is 0 Å². The number of aromatic nitrogens is 1. The van der Waals surface area contributed by atoms with Crippen molar-refractivity contribution in [2.24, 2.45) is 5.73 Å². The fourth-order valence-corrected chi connectivity index (χ4v) is 2.75. The molecule has 166 valence electrons. The van der Waals surface area contributed by atoms with E-state index in [9.17, 15) is 24.0 Å². The number of amides is 4. The maximum atomic E-state index is 12.6. The van der Waals surface area contributed by atoms with E-state index in [0.717, 1.165) is 16.5 Å². The third-order valence-electron chi connectivity index (χ3n) is 4.24. The Kier molecular flexibility index (Phi) is 8.52. The van der Waals surface area contributed by atoms with E-state index in [-0.39, 0.29) is 19.5 Å². The van der Waals surface area contributed by atoms with Crippen molar-refractivity contribution in [2.75, 3.05) is 26.2 Å². The Balaban J connectivity index is 2.06. The van der Waals surface area contributed by atoms with Crippen LogP contribution in [0, 0.1) is 0 Å². The second-order valence-corrected chi connectivity index (χ2v) is 6.55. The summed E-state index contributed by atoms with van der Waals surface area (Å²) in [7, 11) is 0. The average Bonchev–Trinajstić information content (AvgIpc) is 3.16. The summed E-state index contributed by atoms with van der Waals surface area (Å²) in [4.78, 5) is 61.3. The number of benzene rings is 1. The van der Waals surface area contributed by atoms with Gasteiger partial charge in [-0.1, -0.05) is 18.2 Å². The van der Waals surface area contributed by atoms with Gasteiger partial charge in [0.2, 0.25) is 23.6 Å². The topological polar surface area (TPSA) is 196 Å². The minimum atomic E-state index is -1.22. The summed E-state index contributed by atoms with van der Waals surface area (Å²) in [6, 6.07) is 6.36. The molecule has 0 saturated heterocycles. The molecule has 0 saturated carbocycles. The molecule has 0 bridgehead atoms. The molecule has 12 heteroatoms. The zero-order valence-electron chi connectivity index (χ0n) is 16.6. The Labute approximate surface area is 176 Å². The minimum absolute atomic E-state index is 0.114. The van der Waals surface area contributed by atoms with Crippen LogP contribution in [-0.2, 0) is 30.4 Å². The van der Waals surface area contributed by atoms with Crippen LogP contribution in [0.15, 0.2) is 30.5 Å². The van der Waals surface area contributed by atoms with Crippen LogP contribution in [0.25, 0.3) is 10.9 Å². The van der Waals surface area contributed by atoms with Gasteiger partial charge < -0.3 is 37.1 Å². The molecule has 1 aromatic carbocycles. The Morgan fingerprint density at radius 2 is 1.61 bits per heavy atom. The third kappa shape index (κ3) is 7.44. The Bertz CT molecular complexity index is 972. The number of H-pyrrole nitrogens is 1. The predicted octanol–water partition coefficient (Wildman–Crippen LogP) is -2.41. The average molecular weight is 432 g/mol. The number of aromatic amines is 1. The number of rotatable bonds is 11. The molecule has 0 radical (unpaired) electrons. The molecule has 8 N–H and O–H groups in total. The second-order valence-electron chi connectivity index (χ2n) is 6.55. The zero-order valence-corrected chi connectivity index (χ0v) is 16.6. The lowest BCUT2D eigenvalue weighted by molar-refractivity contribution is -0.138. The summed E-state index contributed by atoms with van der Waals surface area (Å²) >= 11 is 0. The summed E-state index contributed by atoms with van der Waals surface area (Å²) in [5.74, 6) is -3.69.